The Balaban J connectivity index is 2.51. The molecule has 0 spiro atoms. The second-order valence-electron chi connectivity index (χ2n) is 3.58. The molecule has 0 radical (unpaired) electrons. The standard InChI is InChI=1S/C12H18N2O2/c1-9(13-2)12(15)14-8-10-5-4-6-11(7-10)16-3/h4-7,9,13H,8H2,1-3H3,(H,14,15). The van der Waals surface area contributed by atoms with Crippen molar-refractivity contribution < 1.29 is 9.53 Å². The number of ether oxygens (including phenoxy) is 1. The average molecular weight is 222 g/mol. The van der Waals surface area contributed by atoms with Gasteiger partial charge < -0.3 is 15.4 Å². The molecule has 0 aliphatic rings. The first-order valence-electron chi connectivity index (χ1n) is 5.25. The largest absolute Gasteiger partial charge is 0.497 e. The molecule has 0 aromatic heterocycles. The second kappa shape index (κ2) is 6.12. The van der Waals surface area contributed by atoms with Crippen molar-refractivity contribution in [3.05, 3.63) is 29.8 Å². The Morgan fingerprint density at radius 3 is 2.88 bits per heavy atom. The number of rotatable bonds is 5. The van der Waals surface area contributed by atoms with Crippen molar-refractivity contribution in [2.45, 2.75) is 19.5 Å². The number of likely N-dealkylation sites (N-methyl/N-ethyl adjacent to an activating group) is 1. The lowest BCUT2D eigenvalue weighted by Crippen LogP contribution is -2.39. The van der Waals surface area contributed by atoms with Crippen LogP contribution in [-0.2, 0) is 11.3 Å². The molecule has 0 bridgehead atoms. The Labute approximate surface area is 96.0 Å². The third-order valence-electron chi connectivity index (χ3n) is 2.43. The molecule has 0 aliphatic heterocycles. The smallest absolute Gasteiger partial charge is 0.237 e. The molecule has 1 unspecified atom stereocenters. The Hall–Kier alpha value is -1.55. The second-order valence-corrected chi connectivity index (χ2v) is 3.58. The van der Waals surface area contributed by atoms with Gasteiger partial charge in [-0.1, -0.05) is 12.1 Å². The zero-order chi connectivity index (χ0) is 12.0. The fourth-order valence-corrected chi connectivity index (χ4v) is 1.26. The summed E-state index contributed by atoms with van der Waals surface area (Å²) in [7, 11) is 3.39. The molecule has 0 heterocycles. The van der Waals surface area contributed by atoms with Crippen LogP contribution in [-0.4, -0.2) is 26.1 Å². The van der Waals surface area contributed by atoms with E-state index in [1.165, 1.54) is 0 Å². The van der Waals surface area contributed by atoms with Gasteiger partial charge in [0.2, 0.25) is 5.91 Å². The molecule has 0 saturated carbocycles. The van der Waals surface area contributed by atoms with E-state index >= 15 is 0 Å². The Bertz CT molecular complexity index is 353. The molecular weight excluding hydrogens is 204 g/mol. The third-order valence-corrected chi connectivity index (χ3v) is 2.43. The van der Waals surface area contributed by atoms with Crippen molar-refractivity contribution in [2.75, 3.05) is 14.2 Å². The van der Waals surface area contributed by atoms with E-state index in [1.54, 1.807) is 14.2 Å². The molecule has 16 heavy (non-hydrogen) atoms. The maximum atomic E-state index is 11.5. The molecule has 0 aliphatic carbocycles. The van der Waals surface area contributed by atoms with Crippen LogP contribution in [0.2, 0.25) is 0 Å². The SMILES string of the molecule is CNC(C)C(=O)NCc1cccc(OC)c1. The molecule has 1 aromatic carbocycles. The highest BCUT2D eigenvalue weighted by atomic mass is 16.5. The van der Waals surface area contributed by atoms with E-state index in [-0.39, 0.29) is 11.9 Å². The van der Waals surface area contributed by atoms with Crippen LogP contribution in [0.15, 0.2) is 24.3 Å². The highest BCUT2D eigenvalue weighted by Gasteiger charge is 2.08. The van der Waals surface area contributed by atoms with Gasteiger partial charge in [-0.3, -0.25) is 4.79 Å². The molecule has 1 atom stereocenters. The minimum absolute atomic E-state index is 0.00896. The van der Waals surface area contributed by atoms with Crippen molar-refractivity contribution in [1.29, 1.82) is 0 Å². The van der Waals surface area contributed by atoms with Gasteiger partial charge in [0.15, 0.2) is 0 Å². The van der Waals surface area contributed by atoms with Crippen molar-refractivity contribution in [3.63, 3.8) is 0 Å². The Morgan fingerprint density at radius 2 is 2.25 bits per heavy atom. The summed E-state index contributed by atoms with van der Waals surface area (Å²) in [6.07, 6.45) is 0. The molecule has 0 fully saturated rings. The fourth-order valence-electron chi connectivity index (χ4n) is 1.26. The predicted octanol–water partition coefficient (Wildman–Crippen LogP) is 0.919. The lowest BCUT2D eigenvalue weighted by atomic mass is 10.2. The van der Waals surface area contributed by atoms with E-state index in [0.29, 0.717) is 6.54 Å². The van der Waals surface area contributed by atoms with Crippen molar-refractivity contribution in [1.82, 2.24) is 10.6 Å². The topological polar surface area (TPSA) is 50.4 Å². The first-order chi connectivity index (χ1) is 7.67. The number of nitrogens with one attached hydrogen (secondary N) is 2. The molecule has 4 nitrogen and oxygen atoms in total. The van der Waals surface area contributed by atoms with Gasteiger partial charge in [0.05, 0.1) is 13.2 Å². The van der Waals surface area contributed by atoms with Gasteiger partial charge in [0.25, 0.3) is 0 Å². The van der Waals surface area contributed by atoms with Gasteiger partial charge in [-0.25, -0.2) is 0 Å². The lowest BCUT2D eigenvalue weighted by molar-refractivity contribution is -0.122. The minimum Gasteiger partial charge on any atom is -0.497 e. The molecule has 4 heteroatoms. The number of carbonyl (C=O) groups excluding carboxylic acids is 1. The molecular formula is C12H18N2O2. The minimum atomic E-state index is -0.175. The maximum Gasteiger partial charge on any atom is 0.237 e. The monoisotopic (exact) mass is 222 g/mol. The van der Waals surface area contributed by atoms with Crippen LogP contribution < -0.4 is 15.4 Å². The van der Waals surface area contributed by atoms with E-state index < -0.39 is 0 Å². The normalized spacial score (nSPS) is 11.9. The van der Waals surface area contributed by atoms with Crippen LogP contribution in [0.5, 0.6) is 5.75 Å². The van der Waals surface area contributed by atoms with E-state index in [4.69, 9.17) is 4.74 Å². The Kier molecular flexibility index (Phi) is 4.79. The van der Waals surface area contributed by atoms with E-state index in [9.17, 15) is 4.79 Å². The summed E-state index contributed by atoms with van der Waals surface area (Å²) in [4.78, 5) is 11.5. The zero-order valence-corrected chi connectivity index (χ0v) is 9.91. The van der Waals surface area contributed by atoms with Crippen LogP contribution in [0.1, 0.15) is 12.5 Å². The van der Waals surface area contributed by atoms with Gasteiger partial charge in [-0.15, -0.1) is 0 Å². The Morgan fingerprint density at radius 1 is 1.50 bits per heavy atom. The van der Waals surface area contributed by atoms with E-state index in [0.717, 1.165) is 11.3 Å². The summed E-state index contributed by atoms with van der Waals surface area (Å²) in [5.74, 6) is 0.790. The van der Waals surface area contributed by atoms with Gasteiger partial charge in [0.1, 0.15) is 5.75 Å². The molecule has 88 valence electrons. The van der Waals surface area contributed by atoms with Crippen LogP contribution in [0.25, 0.3) is 0 Å². The summed E-state index contributed by atoms with van der Waals surface area (Å²) in [6.45, 7) is 2.34. The number of amides is 1. The van der Waals surface area contributed by atoms with Crippen LogP contribution >= 0.6 is 0 Å². The number of hydrogen-bond donors (Lipinski definition) is 2. The summed E-state index contributed by atoms with van der Waals surface area (Å²) in [5.41, 5.74) is 1.02. The summed E-state index contributed by atoms with van der Waals surface area (Å²) in [6, 6.07) is 7.46. The first-order valence-corrected chi connectivity index (χ1v) is 5.25. The maximum absolute atomic E-state index is 11.5. The summed E-state index contributed by atoms with van der Waals surface area (Å²) >= 11 is 0. The summed E-state index contributed by atoms with van der Waals surface area (Å²) < 4.78 is 5.11. The quantitative estimate of drug-likeness (QED) is 0.779. The third kappa shape index (κ3) is 3.55. The molecule has 1 amide bonds. The van der Waals surface area contributed by atoms with Gasteiger partial charge >= 0.3 is 0 Å². The van der Waals surface area contributed by atoms with Gasteiger partial charge in [-0.2, -0.15) is 0 Å². The van der Waals surface area contributed by atoms with Crippen LogP contribution in [0.3, 0.4) is 0 Å². The molecule has 1 aromatic rings. The van der Waals surface area contributed by atoms with Crippen molar-refractivity contribution in [2.24, 2.45) is 0 Å². The van der Waals surface area contributed by atoms with Gasteiger partial charge in [-0.05, 0) is 31.7 Å². The molecule has 1 rings (SSSR count). The van der Waals surface area contributed by atoms with E-state index in [1.807, 2.05) is 31.2 Å². The molecule has 2 N–H and O–H groups in total. The summed E-state index contributed by atoms with van der Waals surface area (Å²) in [5, 5.41) is 5.73. The highest BCUT2D eigenvalue weighted by Crippen LogP contribution is 2.11. The zero-order valence-electron chi connectivity index (χ0n) is 9.91. The van der Waals surface area contributed by atoms with Gasteiger partial charge in [0, 0.05) is 6.54 Å². The van der Waals surface area contributed by atoms with Crippen LogP contribution in [0, 0.1) is 0 Å². The number of hydrogen-bond acceptors (Lipinski definition) is 3. The van der Waals surface area contributed by atoms with Crippen LogP contribution in [0.4, 0.5) is 0 Å². The fraction of sp³-hybridized carbons (Fsp3) is 0.417. The van der Waals surface area contributed by atoms with Crippen molar-refractivity contribution in [3.8, 4) is 5.75 Å². The number of benzene rings is 1. The van der Waals surface area contributed by atoms with E-state index in [2.05, 4.69) is 10.6 Å². The first kappa shape index (κ1) is 12.5. The highest BCUT2D eigenvalue weighted by molar-refractivity contribution is 5.81. The average Bonchev–Trinajstić information content (AvgIpc) is 2.35. The number of methoxy groups -OCH3 is 1. The lowest BCUT2D eigenvalue weighted by Gasteiger charge is -2.11. The van der Waals surface area contributed by atoms with Crippen molar-refractivity contribution >= 4 is 5.91 Å². The number of carbonyl (C=O) groups is 1. The molecule has 0 saturated heterocycles. The predicted molar refractivity (Wildman–Crippen MR) is 63.4 cm³/mol.